The maximum atomic E-state index is 12.1. The first-order valence-corrected chi connectivity index (χ1v) is 5.82. The summed E-state index contributed by atoms with van der Waals surface area (Å²) >= 11 is 0. The van der Waals surface area contributed by atoms with Crippen molar-refractivity contribution in [2.45, 2.75) is 24.9 Å². The molecule has 2 unspecified atom stereocenters. The van der Waals surface area contributed by atoms with Crippen molar-refractivity contribution in [2.75, 3.05) is 27.3 Å². The lowest BCUT2D eigenvalue weighted by Gasteiger charge is -2.30. The fourth-order valence-corrected chi connectivity index (χ4v) is 2.17. The molecule has 0 aromatic carbocycles. The predicted molar refractivity (Wildman–Crippen MR) is 59.7 cm³/mol. The number of carbonyl (C=O) groups excluding carboxylic acids is 1. The van der Waals surface area contributed by atoms with Gasteiger partial charge in [-0.2, -0.15) is 0 Å². The molecule has 0 radical (unpaired) electrons. The summed E-state index contributed by atoms with van der Waals surface area (Å²) in [6.45, 7) is 0.489. The molecule has 1 aliphatic heterocycles. The molecular weight excluding hydrogens is 224 g/mol. The summed E-state index contributed by atoms with van der Waals surface area (Å²) in [6.07, 6.45) is 2.08. The second-order valence-corrected chi connectivity index (χ2v) is 4.79. The number of rotatable bonds is 3. The second kappa shape index (κ2) is 4.52. The molecule has 17 heavy (non-hydrogen) atoms. The molecule has 0 aromatic rings. The molecule has 2 amide bonds. The van der Waals surface area contributed by atoms with Crippen LogP contribution in [0.5, 0.6) is 0 Å². The van der Waals surface area contributed by atoms with Gasteiger partial charge in [0.25, 0.3) is 0 Å². The summed E-state index contributed by atoms with van der Waals surface area (Å²) < 4.78 is 5.16. The van der Waals surface area contributed by atoms with Gasteiger partial charge in [0, 0.05) is 20.1 Å². The molecule has 1 saturated carbocycles. The number of ether oxygens (including phenoxy) is 1. The third-order valence-electron chi connectivity index (χ3n) is 3.56. The summed E-state index contributed by atoms with van der Waals surface area (Å²) in [5.74, 6) is -1.52. The van der Waals surface area contributed by atoms with E-state index in [4.69, 9.17) is 9.84 Å². The highest BCUT2D eigenvalue weighted by Gasteiger charge is 2.41. The zero-order valence-corrected chi connectivity index (χ0v) is 10.1. The Bertz CT molecular complexity index is 329. The Kier molecular flexibility index (Phi) is 3.24. The largest absolute Gasteiger partial charge is 0.481 e. The van der Waals surface area contributed by atoms with Gasteiger partial charge >= 0.3 is 12.0 Å². The maximum Gasteiger partial charge on any atom is 0.320 e. The first kappa shape index (κ1) is 12.2. The van der Waals surface area contributed by atoms with E-state index < -0.39 is 11.9 Å². The SMILES string of the molecule is CN(C(=O)N(C)C1COCC1C(=O)O)C1CC1. The Morgan fingerprint density at radius 3 is 2.35 bits per heavy atom. The summed E-state index contributed by atoms with van der Waals surface area (Å²) in [5, 5.41) is 9.04. The van der Waals surface area contributed by atoms with Gasteiger partial charge in [-0.3, -0.25) is 4.79 Å². The molecule has 2 fully saturated rings. The quantitative estimate of drug-likeness (QED) is 0.769. The van der Waals surface area contributed by atoms with Gasteiger partial charge < -0.3 is 19.6 Å². The summed E-state index contributed by atoms with van der Waals surface area (Å²) in [6, 6.07) is -0.147. The Morgan fingerprint density at radius 2 is 1.82 bits per heavy atom. The van der Waals surface area contributed by atoms with Crippen LogP contribution in [0.3, 0.4) is 0 Å². The van der Waals surface area contributed by atoms with Gasteiger partial charge in [-0.15, -0.1) is 0 Å². The lowest BCUT2D eigenvalue weighted by molar-refractivity contribution is -0.142. The zero-order chi connectivity index (χ0) is 12.6. The van der Waals surface area contributed by atoms with Crippen LogP contribution in [0.25, 0.3) is 0 Å². The van der Waals surface area contributed by atoms with Gasteiger partial charge in [0.1, 0.15) is 5.92 Å². The van der Waals surface area contributed by atoms with Crippen LogP contribution in [-0.2, 0) is 9.53 Å². The van der Waals surface area contributed by atoms with Crippen molar-refractivity contribution in [2.24, 2.45) is 5.92 Å². The smallest absolute Gasteiger partial charge is 0.320 e. The van der Waals surface area contributed by atoms with Crippen LogP contribution in [0.4, 0.5) is 4.79 Å². The first-order chi connectivity index (χ1) is 8.02. The fourth-order valence-electron chi connectivity index (χ4n) is 2.17. The topological polar surface area (TPSA) is 70.1 Å². The van der Waals surface area contributed by atoms with Gasteiger partial charge in [0.15, 0.2) is 0 Å². The van der Waals surface area contributed by atoms with Crippen molar-refractivity contribution >= 4 is 12.0 Å². The average molecular weight is 242 g/mol. The van der Waals surface area contributed by atoms with Gasteiger partial charge in [-0.1, -0.05) is 0 Å². The van der Waals surface area contributed by atoms with E-state index in [0.717, 1.165) is 12.8 Å². The van der Waals surface area contributed by atoms with Gasteiger partial charge in [0.2, 0.25) is 0 Å². The fraction of sp³-hybridized carbons (Fsp3) is 0.818. The van der Waals surface area contributed by atoms with Crippen LogP contribution >= 0.6 is 0 Å². The molecule has 0 bridgehead atoms. The van der Waals surface area contributed by atoms with Crippen LogP contribution < -0.4 is 0 Å². The number of aliphatic carboxylic acids is 1. The van der Waals surface area contributed by atoms with E-state index in [-0.39, 0.29) is 18.7 Å². The molecule has 6 nitrogen and oxygen atoms in total. The normalized spacial score (nSPS) is 27.9. The average Bonchev–Trinajstić information content (AvgIpc) is 3.02. The third kappa shape index (κ3) is 2.36. The van der Waals surface area contributed by atoms with Crippen LogP contribution in [0.2, 0.25) is 0 Å². The molecule has 2 atom stereocenters. The standard InChI is InChI=1S/C11H18N2O4/c1-12(7-3-4-7)11(16)13(2)9-6-17-5-8(9)10(14)15/h7-9H,3-6H2,1-2H3,(H,14,15). The summed E-state index contributed by atoms with van der Waals surface area (Å²) in [5.41, 5.74) is 0. The summed E-state index contributed by atoms with van der Waals surface area (Å²) in [4.78, 5) is 26.3. The van der Waals surface area contributed by atoms with E-state index in [1.165, 1.54) is 4.90 Å². The lowest BCUT2D eigenvalue weighted by Crippen LogP contribution is -2.49. The molecular formula is C11H18N2O4. The Hall–Kier alpha value is -1.30. The molecule has 0 aromatic heterocycles. The van der Waals surface area contributed by atoms with Crippen molar-refractivity contribution in [3.63, 3.8) is 0 Å². The molecule has 6 heteroatoms. The Morgan fingerprint density at radius 1 is 1.18 bits per heavy atom. The number of likely N-dealkylation sites (N-methyl/N-ethyl adjacent to an activating group) is 1. The Balaban J connectivity index is 2.00. The highest BCUT2D eigenvalue weighted by Crippen LogP contribution is 2.27. The Labute approximate surface area is 100 Å². The minimum atomic E-state index is -0.902. The number of carbonyl (C=O) groups is 2. The van der Waals surface area contributed by atoms with E-state index in [0.29, 0.717) is 12.6 Å². The van der Waals surface area contributed by atoms with E-state index in [2.05, 4.69) is 0 Å². The van der Waals surface area contributed by atoms with Gasteiger partial charge in [-0.25, -0.2) is 4.79 Å². The maximum absolute atomic E-state index is 12.1. The number of carboxylic acid groups (broad SMARTS) is 1. The van der Waals surface area contributed by atoms with Crippen molar-refractivity contribution in [1.82, 2.24) is 9.80 Å². The molecule has 96 valence electrons. The number of hydrogen-bond acceptors (Lipinski definition) is 3. The van der Waals surface area contributed by atoms with Crippen molar-refractivity contribution in [3.05, 3.63) is 0 Å². The monoisotopic (exact) mass is 242 g/mol. The van der Waals surface area contributed by atoms with E-state index in [1.54, 1.807) is 19.0 Å². The van der Waals surface area contributed by atoms with Gasteiger partial charge in [-0.05, 0) is 12.8 Å². The van der Waals surface area contributed by atoms with Crippen LogP contribution in [0, 0.1) is 5.92 Å². The molecule has 2 aliphatic rings. The molecule has 1 aliphatic carbocycles. The van der Waals surface area contributed by atoms with E-state index >= 15 is 0 Å². The van der Waals surface area contributed by atoms with E-state index in [9.17, 15) is 9.59 Å². The number of hydrogen-bond donors (Lipinski definition) is 1. The highest BCUT2D eigenvalue weighted by molar-refractivity contribution is 5.77. The van der Waals surface area contributed by atoms with Gasteiger partial charge in [0.05, 0.1) is 19.3 Å². The molecule has 2 rings (SSSR count). The minimum absolute atomic E-state index is 0.116. The molecule has 1 N–H and O–H groups in total. The number of carboxylic acids is 1. The van der Waals surface area contributed by atoms with Crippen molar-refractivity contribution in [3.8, 4) is 0 Å². The molecule has 1 saturated heterocycles. The second-order valence-electron chi connectivity index (χ2n) is 4.79. The molecule has 0 spiro atoms. The lowest BCUT2D eigenvalue weighted by atomic mass is 10.0. The van der Waals surface area contributed by atoms with Crippen LogP contribution in [0.15, 0.2) is 0 Å². The predicted octanol–water partition coefficient (Wildman–Crippen LogP) is 0.232. The first-order valence-electron chi connectivity index (χ1n) is 5.82. The number of urea groups is 1. The number of nitrogens with zero attached hydrogens (tertiary/aromatic N) is 2. The van der Waals surface area contributed by atoms with Crippen LogP contribution in [0.1, 0.15) is 12.8 Å². The highest BCUT2D eigenvalue weighted by atomic mass is 16.5. The minimum Gasteiger partial charge on any atom is -0.481 e. The molecule has 1 heterocycles. The third-order valence-corrected chi connectivity index (χ3v) is 3.56. The summed E-state index contributed by atoms with van der Waals surface area (Å²) in [7, 11) is 3.42. The van der Waals surface area contributed by atoms with Crippen molar-refractivity contribution < 1.29 is 19.4 Å². The van der Waals surface area contributed by atoms with Crippen molar-refractivity contribution in [1.29, 1.82) is 0 Å². The zero-order valence-electron chi connectivity index (χ0n) is 10.1. The van der Waals surface area contributed by atoms with Crippen LogP contribution in [-0.4, -0.2) is 66.3 Å². The number of amides is 2. The van der Waals surface area contributed by atoms with E-state index in [1.807, 2.05) is 0 Å².